The summed E-state index contributed by atoms with van der Waals surface area (Å²) in [7, 11) is -3.52. The summed E-state index contributed by atoms with van der Waals surface area (Å²) >= 11 is 0. The van der Waals surface area contributed by atoms with Crippen LogP contribution >= 0.6 is 0 Å². The van der Waals surface area contributed by atoms with Gasteiger partial charge in [-0.3, -0.25) is 0 Å². The molecule has 0 amide bonds. The Morgan fingerprint density at radius 2 is 2.00 bits per heavy atom. The molecule has 1 atom stereocenters. The van der Waals surface area contributed by atoms with E-state index in [1.54, 1.807) is 26.0 Å². The van der Waals surface area contributed by atoms with Crippen LogP contribution in [0.1, 0.15) is 18.1 Å². The summed E-state index contributed by atoms with van der Waals surface area (Å²) in [5.41, 5.74) is 1.61. The van der Waals surface area contributed by atoms with Gasteiger partial charge in [0.2, 0.25) is 10.0 Å². The Morgan fingerprint density at radius 3 is 2.56 bits per heavy atom. The molecular weight excluding hydrogens is 222 g/mol. The minimum Gasteiger partial charge on any atom is -0.207 e. The third-order valence-corrected chi connectivity index (χ3v) is 3.90. The third kappa shape index (κ3) is 2.84. The molecule has 16 heavy (non-hydrogen) atoms. The first-order valence-electron chi connectivity index (χ1n) is 4.92. The first-order chi connectivity index (χ1) is 7.36. The molecular formula is C12H15NO2S. The topological polar surface area (TPSA) is 46.2 Å². The van der Waals surface area contributed by atoms with Gasteiger partial charge in [-0.2, -0.15) is 4.72 Å². The number of hydrogen-bond donors (Lipinski definition) is 1. The molecule has 1 aromatic rings. The Bertz CT molecular complexity index is 526. The van der Waals surface area contributed by atoms with Gasteiger partial charge in [-0.25, -0.2) is 8.42 Å². The Balaban J connectivity index is 3.18. The van der Waals surface area contributed by atoms with Crippen molar-refractivity contribution < 1.29 is 8.42 Å². The lowest BCUT2D eigenvalue weighted by Crippen LogP contribution is -2.31. The summed E-state index contributed by atoms with van der Waals surface area (Å²) in [4.78, 5) is 0.287. The predicted octanol–water partition coefficient (Wildman–Crippen LogP) is 1.60. The van der Waals surface area contributed by atoms with E-state index in [1.165, 1.54) is 0 Å². The molecule has 0 heterocycles. The van der Waals surface area contributed by atoms with E-state index in [0.717, 1.165) is 5.56 Å². The molecule has 1 N–H and O–H groups in total. The first-order valence-corrected chi connectivity index (χ1v) is 6.41. The molecule has 0 saturated heterocycles. The van der Waals surface area contributed by atoms with Crippen LogP contribution in [-0.2, 0) is 10.0 Å². The highest BCUT2D eigenvalue weighted by atomic mass is 32.2. The van der Waals surface area contributed by atoms with Crippen molar-refractivity contribution in [3.05, 3.63) is 29.3 Å². The minimum atomic E-state index is -3.52. The maximum atomic E-state index is 12.0. The number of benzene rings is 1. The van der Waals surface area contributed by atoms with Gasteiger partial charge in [-0.05, 0) is 38.0 Å². The van der Waals surface area contributed by atoms with Gasteiger partial charge in [0.1, 0.15) is 0 Å². The predicted molar refractivity (Wildman–Crippen MR) is 64.5 cm³/mol. The smallest absolute Gasteiger partial charge is 0.207 e. The van der Waals surface area contributed by atoms with Crippen molar-refractivity contribution >= 4 is 10.0 Å². The number of terminal acetylenes is 1. The number of sulfonamides is 1. The molecule has 0 saturated carbocycles. The molecule has 1 rings (SSSR count). The number of aryl methyl sites for hydroxylation is 2. The summed E-state index contributed by atoms with van der Waals surface area (Å²) < 4.78 is 26.4. The van der Waals surface area contributed by atoms with E-state index in [4.69, 9.17) is 6.42 Å². The molecule has 1 unspecified atom stereocenters. The van der Waals surface area contributed by atoms with Crippen molar-refractivity contribution in [1.29, 1.82) is 0 Å². The quantitative estimate of drug-likeness (QED) is 0.812. The van der Waals surface area contributed by atoms with Crippen LogP contribution in [0, 0.1) is 26.2 Å². The Morgan fingerprint density at radius 1 is 1.38 bits per heavy atom. The van der Waals surface area contributed by atoms with Crippen LogP contribution in [0.25, 0.3) is 0 Å². The standard InChI is InChI=1S/C12H15NO2S/c1-5-11(4)13-16(14,15)12-8-9(2)6-7-10(12)3/h1,6-8,11,13H,2-4H3. The van der Waals surface area contributed by atoms with Crippen LogP contribution in [0.2, 0.25) is 0 Å². The van der Waals surface area contributed by atoms with Crippen LogP contribution in [0.5, 0.6) is 0 Å². The Kier molecular flexibility index (Phi) is 3.74. The fourth-order valence-corrected chi connectivity index (χ4v) is 2.82. The third-order valence-electron chi connectivity index (χ3n) is 2.22. The second-order valence-electron chi connectivity index (χ2n) is 3.78. The fraction of sp³-hybridized carbons (Fsp3) is 0.333. The van der Waals surface area contributed by atoms with E-state index in [0.29, 0.717) is 5.56 Å². The van der Waals surface area contributed by atoms with Crippen LogP contribution < -0.4 is 4.72 Å². The highest BCUT2D eigenvalue weighted by Crippen LogP contribution is 2.16. The molecule has 86 valence electrons. The number of nitrogens with one attached hydrogen (secondary N) is 1. The number of hydrogen-bond acceptors (Lipinski definition) is 2. The maximum absolute atomic E-state index is 12.0. The first kappa shape index (κ1) is 12.8. The molecule has 0 spiro atoms. The Labute approximate surface area is 96.9 Å². The average molecular weight is 237 g/mol. The number of rotatable bonds is 3. The maximum Gasteiger partial charge on any atom is 0.241 e. The van der Waals surface area contributed by atoms with Crippen LogP contribution in [0.3, 0.4) is 0 Å². The van der Waals surface area contributed by atoms with Crippen molar-refractivity contribution in [2.24, 2.45) is 0 Å². The second-order valence-corrected chi connectivity index (χ2v) is 5.46. The van der Waals surface area contributed by atoms with Crippen LogP contribution in [0.4, 0.5) is 0 Å². The van der Waals surface area contributed by atoms with E-state index in [2.05, 4.69) is 10.6 Å². The summed E-state index contributed by atoms with van der Waals surface area (Å²) in [5.74, 6) is 2.33. The minimum absolute atomic E-state index is 0.287. The zero-order chi connectivity index (χ0) is 12.3. The Hall–Kier alpha value is -1.31. The van der Waals surface area contributed by atoms with Crippen LogP contribution in [0.15, 0.2) is 23.1 Å². The highest BCUT2D eigenvalue weighted by Gasteiger charge is 2.18. The monoisotopic (exact) mass is 237 g/mol. The van der Waals surface area contributed by atoms with E-state index >= 15 is 0 Å². The lowest BCUT2D eigenvalue weighted by molar-refractivity contribution is 0.577. The van der Waals surface area contributed by atoms with Crippen molar-refractivity contribution in [1.82, 2.24) is 4.72 Å². The van der Waals surface area contributed by atoms with E-state index in [1.807, 2.05) is 13.0 Å². The summed E-state index contributed by atoms with van der Waals surface area (Å²) in [6.07, 6.45) is 5.15. The molecule has 4 heteroatoms. The molecule has 0 aliphatic carbocycles. The van der Waals surface area contributed by atoms with E-state index in [-0.39, 0.29) is 4.90 Å². The van der Waals surface area contributed by atoms with E-state index in [9.17, 15) is 8.42 Å². The molecule has 0 bridgehead atoms. The molecule has 0 aliphatic heterocycles. The molecule has 0 fully saturated rings. The van der Waals surface area contributed by atoms with Crippen molar-refractivity contribution in [3.8, 4) is 12.3 Å². The van der Waals surface area contributed by atoms with Crippen molar-refractivity contribution in [3.63, 3.8) is 0 Å². The normalized spacial score (nSPS) is 13.1. The lowest BCUT2D eigenvalue weighted by atomic mass is 10.2. The summed E-state index contributed by atoms with van der Waals surface area (Å²) in [5, 5.41) is 0. The molecule has 0 radical (unpaired) electrons. The van der Waals surface area contributed by atoms with Crippen molar-refractivity contribution in [2.45, 2.75) is 31.7 Å². The molecule has 0 aromatic heterocycles. The SMILES string of the molecule is C#CC(C)NS(=O)(=O)c1cc(C)ccc1C. The van der Waals surface area contributed by atoms with Gasteiger partial charge in [0.25, 0.3) is 0 Å². The van der Waals surface area contributed by atoms with Crippen LogP contribution in [-0.4, -0.2) is 14.5 Å². The van der Waals surface area contributed by atoms with Gasteiger partial charge >= 0.3 is 0 Å². The average Bonchev–Trinajstić information content (AvgIpc) is 2.20. The lowest BCUT2D eigenvalue weighted by Gasteiger charge is -2.11. The van der Waals surface area contributed by atoms with Crippen molar-refractivity contribution in [2.75, 3.05) is 0 Å². The summed E-state index contributed by atoms with van der Waals surface area (Å²) in [6.45, 7) is 5.24. The van der Waals surface area contributed by atoms with Gasteiger partial charge < -0.3 is 0 Å². The van der Waals surface area contributed by atoms with Gasteiger partial charge in [0, 0.05) is 0 Å². The van der Waals surface area contributed by atoms with Gasteiger partial charge in [-0.15, -0.1) is 6.42 Å². The molecule has 0 aliphatic rings. The second kappa shape index (κ2) is 4.69. The van der Waals surface area contributed by atoms with Gasteiger partial charge in [0.15, 0.2) is 0 Å². The van der Waals surface area contributed by atoms with Gasteiger partial charge in [0.05, 0.1) is 10.9 Å². The van der Waals surface area contributed by atoms with Gasteiger partial charge in [-0.1, -0.05) is 18.1 Å². The van der Waals surface area contributed by atoms with E-state index < -0.39 is 16.1 Å². The molecule has 1 aromatic carbocycles. The highest BCUT2D eigenvalue weighted by molar-refractivity contribution is 7.89. The molecule has 3 nitrogen and oxygen atoms in total. The fourth-order valence-electron chi connectivity index (χ4n) is 1.33. The summed E-state index contributed by atoms with van der Waals surface area (Å²) in [6, 6.07) is 4.79. The zero-order valence-corrected chi connectivity index (χ0v) is 10.4. The largest absolute Gasteiger partial charge is 0.241 e. The zero-order valence-electron chi connectivity index (χ0n) is 9.61.